The number of nitrogens with zero attached hydrogens (tertiary/aromatic N) is 1. The molecule has 104 valence electrons. The number of hydrogen-bond acceptors (Lipinski definition) is 1. The van der Waals surface area contributed by atoms with Crippen molar-refractivity contribution in [2.24, 2.45) is 0 Å². The van der Waals surface area contributed by atoms with Crippen LogP contribution in [0.25, 0.3) is 21.8 Å². The minimum absolute atomic E-state index is 1.09. The maximum Gasteiger partial charge on any atom is 0.0684 e. The van der Waals surface area contributed by atoms with Crippen LogP contribution >= 0.6 is 0 Å². The molecule has 0 fully saturated rings. The molecule has 1 N–H and O–H groups in total. The van der Waals surface area contributed by atoms with Crippen LogP contribution < -0.4 is 0 Å². The minimum atomic E-state index is 1.09. The Hall–Kier alpha value is -1.83. The summed E-state index contributed by atoms with van der Waals surface area (Å²) in [6.45, 7) is 15.3. The highest BCUT2D eigenvalue weighted by Gasteiger charge is 2.17. The van der Waals surface area contributed by atoms with Crippen LogP contribution in [0.4, 0.5) is 0 Å². The van der Waals surface area contributed by atoms with E-state index in [0.717, 1.165) is 11.4 Å². The summed E-state index contributed by atoms with van der Waals surface area (Å²) in [6, 6.07) is 0. The van der Waals surface area contributed by atoms with E-state index in [1.807, 2.05) is 0 Å². The van der Waals surface area contributed by atoms with E-state index in [-0.39, 0.29) is 0 Å². The highest BCUT2D eigenvalue weighted by molar-refractivity contribution is 6.12. The molecule has 2 heterocycles. The van der Waals surface area contributed by atoms with E-state index in [9.17, 15) is 0 Å². The molecular weight excluding hydrogens is 244 g/mol. The summed E-state index contributed by atoms with van der Waals surface area (Å²) in [5.41, 5.74) is 11.5. The number of aromatic nitrogens is 2. The Morgan fingerprint density at radius 3 is 1.75 bits per heavy atom. The molecule has 2 heteroatoms. The zero-order valence-electron chi connectivity index (χ0n) is 13.4. The maximum atomic E-state index is 4.67. The van der Waals surface area contributed by atoms with Crippen molar-refractivity contribution in [3.63, 3.8) is 0 Å². The van der Waals surface area contributed by atoms with E-state index in [4.69, 9.17) is 0 Å². The van der Waals surface area contributed by atoms with E-state index in [1.165, 1.54) is 49.6 Å². The number of pyridine rings is 1. The predicted molar refractivity (Wildman–Crippen MR) is 86.8 cm³/mol. The molecule has 0 unspecified atom stereocenters. The van der Waals surface area contributed by atoms with E-state index in [2.05, 4.69) is 58.4 Å². The van der Waals surface area contributed by atoms with Crippen LogP contribution in [0.1, 0.15) is 39.2 Å². The first-order chi connectivity index (χ1) is 9.34. The molecule has 0 aliphatic carbocycles. The zero-order chi connectivity index (χ0) is 14.8. The molecule has 0 saturated heterocycles. The number of fused-ring (bicyclic) bond motifs is 3. The van der Waals surface area contributed by atoms with Gasteiger partial charge < -0.3 is 4.98 Å². The molecule has 0 spiro atoms. The Morgan fingerprint density at radius 1 is 0.550 bits per heavy atom. The van der Waals surface area contributed by atoms with Crippen LogP contribution in [0, 0.1) is 48.5 Å². The fourth-order valence-corrected chi connectivity index (χ4v) is 3.31. The van der Waals surface area contributed by atoms with Gasteiger partial charge in [0.05, 0.1) is 16.7 Å². The molecule has 0 atom stereocenters. The monoisotopic (exact) mass is 266 g/mol. The molecule has 0 radical (unpaired) electrons. The Morgan fingerprint density at radius 2 is 1.10 bits per heavy atom. The topological polar surface area (TPSA) is 28.7 Å². The Bertz CT molecular complexity index is 867. The summed E-state index contributed by atoms with van der Waals surface area (Å²) in [6.07, 6.45) is 0. The second-order valence-corrected chi connectivity index (χ2v) is 6.03. The van der Waals surface area contributed by atoms with Crippen LogP contribution in [0.15, 0.2) is 0 Å². The third-order valence-corrected chi connectivity index (χ3v) is 5.05. The molecule has 20 heavy (non-hydrogen) atoms. The molecule has 0 amide bonds. The number of aryl methyl sites for hydroxylation is 5. The average Bonchev–Trinajstić information content (AvgIpc) is 2.81. The Balaban J connectivity index is 2.72. The lowest BCUT2D eigenvalue weighted by atomic mass is 9.93. The summed E-state index contributed by atoms with van der Waals surface area (Å²) in [4.78, 5) is 8.30. The molecule has 1 aromatic carbocycles. The molecule has 0 aliphatic rings. The fourth-order valence-electron chi connectivity index (χ4n) is 3.31. The van der Waals surface area contributed by atoms with Crippen molar-refractivity contribution in [3.8, 4) is 0 Å². The molecule has 2 nitrogen and oxygen atoms in total. The van der Waals surface area contributed by atoms with Crippen LogP contribution in [0.2, 0.25) is 0 Å². The molecule has 0 bridgehead atoms. The van der Waals surface area contributed by atoms with Crippen LogP contribution in [0.3, 0.4) is 0 Å². The summed E-state index contributed by atoms with van der Waals surface area (Å²) in [7, 11) is 0. The van der Waals surface area contributed by atoms with Crippen molar-refractivity contribution in [1.82, 2.24) is 9.97 Å². The number of aromatic amines is 1. The summed E-state index contributed by atoms with van der Waals surface area (Å²) >= 11 is 0. The number of benzene rings is 1. The first-order valence-electron chi connectivity index (χ1n) is 7.20. The van der Waals surface area contributed by atoms with Crippen LogP contribution in [-0.2, 0) is 0 Å². The fraction of sp³-hybridized carbons (Fsp3) is 0.389. The zero-order valence-corrected chi connectivity index (χ0v) is 13.4. The van der Waals surface area contributed by atoms with Gasteiger partial charge in [-0.1, -0.05) is 0 Å². The lowest BCUT2D eigenvalue weighted by molar-refractivity contribution is 1.11. The molecule has 2 aromatic heterocycles. The summed E-state index contributed by atoms with van der Waals surface area (Å²) in [5, 5.41) is 2.74. The molecule has 3 rings (SSSR count). The van der Waals surface area contributed by atoms with Crippen LogP contribution in [0.5, 0.6) is 0 Å². The number of rotatable bonds is 0. The van der Waals surface area contributed by atoms with Gasteiger partial charge in [0, 0.05) is 16.5 Å². The minimum Gasteiger partial charge on any atom is -0.353 e. The van der Waals surface area contributed by atoms with Gasteiger partial charge >= 0.3 is 0 Å². The summed E-state index contributed by atoms with van der Waals surface area (Å²) < 4.78 is 0. The Labute approximate surface area is 120 Å². The van der Waals surface area contributed by atoms with Gasteiger partial charge in [0.15, 0.2) is 0 Å². The highest BCUT2D eigenvalue weighted by Crippen LogP contribution is 2.37. The quantitative estimate of drug-likeness (QED) is 0.617. The van der Waals surface area contributed by atoms with Gasteiger partial charge in [0.1, 0.15) is 0 Å². The maximum absolute atomic E-state index is 4.67. The molecule has 0 aliphatic heterocycles. The number of hydrogen-bond donors (Lipinski definition) is 1. The average molecular weight is 266 g/mol. The second kappa shape index (κ2) is 4.08. The second-order valence-electron chi connectivity index (χ2n) is 6.03. The van der Waals surface area contributed by atoms with Gasteiger partial charge in [-0.05, 0) is 76.3 Å². The van der Waals surface area contributed by atoms with Crippen molar-refractivity contribution in [2.45, 2.75) is 48.5 Å². The van der Waals surface area contributed by atoms with Gasteiger partial charge in [-0.15, -0.1) is 0 Å². The third kappa shape index (κ3) is 1.48. The normalized spacial score (nSPS) is 11.8. The van der Waals surface area contributed by atoms with Gasteiger partial charge in [0.2, 0.25) is 0 Å². The van der Waals surface area contributed by atoms with E-state index < -0.39 is 0 Å². The first-order valence-corrected chi connectivity index (χ1v) is 7.20. The van der Waals surface area contributed by atoms with Crippen molar-refractivity contribution in [1.29, 1.82) is 0 Å². The van der Waals surface area contributed by atoms with E-state index >= 15 is 0 Å². The predicted octanol–water partition coefficient (Wildman–Crippen LogP) is 4.88. The van der Waals surface area contributed by atoms with Gasteiger partial charge in [-0.3, -0.25) is 4.98 Å². The molecule has 0 saturated carbocycles. The van der Waals surface area contributed by atoms with Gasteiger partial charge in [-0.25, -0.2) is 0 Å². The lowest BCUT2D eigenvalue weighted by Crippen LogP contribution is -1.94. The lowest BCUT2D eigenvalue weighted by Gasteiger charge is -2.11. The van der Waals surface area contributed by atoms with Crippen molar-refractivity contribution in [3.05, 3.63) is 39.2 Å². The van der Waals surface area contributed by atoms with Crippen molar-refractivity contribution >= 4 is 21.8 Å². The standard InChI is InChI=1S/C18H22N2/c1-8-9(2)11(4)17-15(10(8)3)16-12(5)13(6)19-14(7)18(16)20-17/h20H,1-7H3. The van der Waals surface area contributed by atoms with E-state index in [0.29, 0.717) is 0 Å². The van der Waals surface area contributed by atoms with Gasteiger partial charge in [0.25, 0.3) is 0 Å². The van der Waals surface area contributed by atoms with Crippen LogP contribution in [-0.4, -0.2) is 9.97 Å². The van der Waals surface area contributed by atoms with E-state index in [1.54, 1.807) is 0 Å². The summed E-state index contributed by atoms with van der Waals surface area (Å²) in [5.74, 6) is 0. The van der Waals surface area contributed by atoms with Crippen molar-refractivity contribution in [2.75, 3.05) is 0 Å². The molecule has 3 aromatic rings. The Kier molecular flexibility index (Phi) is 2.69. The van der Waals surface area contributed by atoms with Gasteiger partial charge in [-0.2, -0.15) is 0 Å². The smallest absolute Gasteiger partial charge is 0.0684 e. The first kappa shape index (κ1) is 13.2. The highest BCUT2D eigenvalue weighted by atomic mass is 14.8. The van der Waals surface area contributed by atoms with Crippen molar-refractivity contribution < 1.29 is 0 Å². The number of nitrogens with one attached hydrogen (secondary N) is 1. The molecular formula is C18H22N2. The largest absolute Gasteiger partial charge is 0.353 e. The third-order valence-electron chi connectivity index (χ3n) is 5.05. The number of H-pyrrole nitrogens is 1. The SMILES string of the molecule is Cc1nc(C)c2[nH]c3c(C)c(C)c(C)c(C)c3c2c1C.